The maximum Gasteiger partial charge on any atom is 0.245 e. The molecule has 1 aromatic carbocycles. The Bertz CT molecular complexity index is 728. The number of aromatic nitrogens is 1. The van der Waals surface area contributed by atoms with Gasteiger partial charge in [-0.25, -0.2) is 8.42 Å². The van der Waals surface area contributed by atoms with Crippen LogP contribution in [0, 0.1) is 0 Å². The summed E-state index contributed by atoms with van der Waals surface area (Å²) in [4.78, 5) is 4.15. The minimum absolute atomic E-state index is 0.0802. The van der Waals surface area contributed by atoms with Crippen LogP contribution in [0.15, 0.2) is 53.7 Å². The number of sulfonamides is 1. The summed E-state index contributed by atoms with van der Waals surface area (Å²) in [6, 6.07) is 10.6. The molecule has 1 aliphatic rings. The van der Waals surface area contributed by atoms with Gasteiger partial charge in [0.15, 0.2) is 0 Å². The first-order valence-corrected chi connectivity index (χ1v) is 8.28. The van der Waals surface area contributed by atoms with Gasteiger partial charge in [-0.15, -0.1) is 0 Å². The molecule has 110 valence electrons. The third-order valence-electron chi connectivity index (χ3n) is 3.48. The normalized spacial score (nSPS) is 15.3. The van der Waals surface area contributed by atoms with E-state index < -0.39 is 10.0 Å². The average molecular weight is 303 g/mol. The Hall–Kier alpha value is -1.92. The predicted octanol–water partition coefficient (Wildman–Crippen LogP) is 2.02. The number of hydrogen-bond donors (Lipinski definition) is 1. The molecule has 0 spiro atoms. The summed E-state index contributed by atoms with van der Waals surface area (Å²) < 4.78 is 27.1. The molecule has 1 heterocycles. The van der Waals surface area contributed by atoms with Crippen LogP contribution in [0.1, 0.15) is 18.4 Å². The summed E-state index contributed by atoms with van der Waals surface area (Å²) in [7, 11) is -3.52. The molecule has 1 aliphatic carbocycles. The standard InChI is InChI=1S/C15H17N3O2S/c16-13-4-1-3-12(9-13)11-18(14-6-7-14)21(19,20)15-5-2-8-17-10-15/h1-5,8-10,14H,6-7,11,16H2. The van der Waals surface area contributed by atoms with Crippen molar-refractivity contribution in [2.45, 2.75) is 30.3 Å². The molecule has 3 rings (SSSR count). The fourth-order valence-corrected chi connectivity index (χ4v) is 3.92. The van der Waals surface area contributed by atoms with Gasteiger partial charge in [0.2, 0.25) is 10.0 Å². The summed E-state index contributed by atoms with van der Waals surface area (Å²) in [6.07, 6.45) is 4.77. The van der Waals surface area contributed by atoms with Crippen LogP contribution in [0.5, 0.6) is 0 Å². The molecule has 0 bridgehead atoms. The molecule has 2 N–H and O–H groups in total. The monoisotopic (exact) mass is 303 g/mol. The zero-order chi connectivity index (χ0) is 14.9. The highest BCUT2D eigenvalue weighted by molar-refractivity contribution is 7.89. The van der Waals surface area contributed by atoms with Gasteiger partial charge < -0.3 is 5.73 Å². The molecule has 0 atom stereocenters. The van der Waals surface area contributed by atoms with Gasteiger partial charge in [-0.2, -0.15) is 4.31 Å². The van der Waals surface area contributed by atoms with Gasteiger partial charge in [0.1, 0.15) is 4.90 Å². The second-order valence-electron chi connectivity index (χ2n) is 5.22. The van der Waals surface area contributed by atoms with E-state index in [-0.39, 0.29) is 10.9 Å². The molecule has 1 saturated carbocycles. The quantitative estimate of drug-likeness (QED) is 0.857. The number of nitrogens with two attached hydrogens (primary N) is 1. The Morgan fingerprint density at radius 2 is 2.05 bits per heavy atom. The van der Waals surface area contributed by atoms with Gasteiger partial charge >= 0.3 is 0 Å². The number of benzene rings is 1. The van der Waals surface area contributed by atoms with Crippen molar-refractivity contribution in [2.24, 2.45) is 0 Å². The van der Waals surface area contributed by atoms with Crippen LogP contribution in [-0.4, -0.2) is 23.7 Å². The number of anilines is 1. The van der Waals surface area contributed by atoms with Crippen LogP contribution in [0.25, 0.3) is 0 Å². The van der Waals surface area contributed by atoms with Crippen molar-refractivity contribution in [1.29, 1.82) is 0 Å². The lowest BCUT2D eigenvalue weighted by atomic mass is 10.2. The highest BCUT2D eigenvalue weighted by Crippen LogP contribution is 2.33. The Morgan fingerprint density at radius 3 is 2.67 bits per heavy atom. The van der Waals surface area contributed by atoms with Crippen molar-refractivity contribution in [3.8, 4) is 0 Å². The van der Waals surface area contributed by atoms with E-state index in [0.29, 0.717) is 12.2 Å². The summed E-state index contributed by atoms with van der Waals surface area (Å²) in [6.45, 7) is 0.340. The second-order valence-corrected chi connectivity index (χ2v) is 7.11. The highest BCUT2D eigenvalue weighted by Gasteiger charge is 2.38. The number of hydrogen-bond acceptors (Lipinski definition) is 4. The van der Waals surface area contributed by atoms with Crippen molar-refractivity contribution < 1.29 is 8.42 Å². The van der Waals surface area contributed by atoms with E-state index >= 15 is 0 Å². The first kappa shape index (κ1) is 14.0. The molecule has 0 amide bonds. The molecular formula is C15H17N3O2S. The van der Waals surface area contributed by atoms with Crippen LogP contribution in [0.2, 0.25) is 0 Å². The molecular weight excluding hydrogens is 286 g/mol. The molecule has 0 unspecified atom stereocenters. The summed E-state index contributed by atoms with van der Waals surface area (Å²) in [5.74, 6) is 0. The third kappa shape index (κ3) is 3.06. The zero-order valence-electron chi connectivity index (χ0n) is 11.5. The van der Waals surface area contributed by atoms with E-state index in [1.54, 1.807) is 28.7 Å². The van der Waals surface area contributed by atoms with Gasteiger partial charge in [0.05, 0.1) is 0 Å². The lowest BCUT2D eigenvalue weighted by Gasteiger charge is -2.22. The van der Waals surface area contributed by atoms with Crippen LogP contribution in [0.3, 0.4) is 0 Å². The summed E-state index contributed by atoms with van der Waals surface area (Å²) in [5.41, 5.74) is 7.31. The van der Waals surface area contributed by atoms with Crippen LogP contribution in [0.4, 0.5) is 5.69 Å². The number of rotatable bonds is 5. The van der Waals surface area contributed by atoms with Crippen molar-refractivity contribution >= 4 is 15.7 Å². The molecule has 5 nitrogen and oxygen atoms in total. The number of nitrogens with zero attached hydrogens (tertiary/aromatic N) is 2. The summed E-state index contributed by atoms with van der Waals surface area (Å²) >= 11 is 0. The molecule has 1 aromatic heterocycles. The number of nitrogen functional groups attached to an aromatic ring is 1. The Labute approximate surface area is 124 Å². The maximum atomic E-state index is 12.8. The lowest BCUT2D eigenvalue weighted by Crippen LogP contribution is -2.32. The predicted molar refractivity (Wildman–Crippen MR) is 80.8 cm³/mol. The molecule has 0 aliphatic heterocycles. The largest absolute Gasteiger partial charge is 0.399 e. The van der Waals surface area contributed by atoms with Crippen LogP contribution < -0.4 is 5.73 Å². The Kier molecular flexibility index (Phi) is 3.65. The molecule has 0 radical (unpaired) electrons. The molecule has 1 fully saturated rings. The zero-order valence-corrected chi connectivity index (χ0v) is 12.3. The lowest BCUT2D eigenvalue weighted by molar-refractivity contribution is 0.398. The first-order valence-electron chi connectivity index (χ1n) is 6.83. The van der Waals surface area contributed by atoms with E-state index in [0.717, 1.165) is 18.4 Å². The van der Waals surface area contributed by atoms with Crippen molar-refractivity contribution in [3.63, 3.8) is 0 Å². The highest BCUT2D eigenvalue weighted by atomic mass is 32.2. The average Bonchev–Trinajstić information content (AvgIpc) is 3.30. The number of pyridine rings is 1. The minimum atomic E-state index is -3.52. The first-order chi connectivity index (χ1) is 10.1. The van der Waals surface area contributed by atoms with Gasteiger partial charge in [0, 0.05) is 30.7 Å². The third-order valence-corrected chi connectivity index (χ3v) is 5.37. The molecule has 0 saturated heterocycles. The van der Waals surface area contributed by atoms with Gasteiger partial charge in [-0.3, -0.25) is 4.98 Å². The van der Waals surface area contributed by atoms with E-state index in [1.807, 2.05) is 18.2 Å². The second kappa shape index (κ2) is 5.46. The fourth-order valence-electron chi connectivity index (χ4n) is 2.28. The minimum Gasteiger partial charge on any atom is -0.399 e. The van der Waals surface area contributed by atoms with E-state index in [9.17, 15) is 8.42 Å². The van der Waals surface area contributed by atoms with Crippen molar-refractivity contribution in [1.82, 2.24) is 9.29 Å². The van der Waals surface area contributed by atoms with Gasteiger partial charge in [0.25, 0.3) is 0 Å². The van der Waals surface area contributed by atoms with Gasteiger partial charge in [-0.1, -0.05) is 12.1 Å². The maximum absolute atomic E-state index is 12.8. The van der Waals surface area contributed by atoms with E-state index in [2.05, 4.69) is 4.98 Å². The van der Waals surface area contributed by atoms with Crippen molar-refractivity contribution in [3.05, 3.63) is 54.4 Å². The fraction of sp³-hybridized carbons (Fsp3) is 0.267. The van der Waals surface area contributed by atoms with E-state index in [4.69, 9.17) is 5.73 Å². The smallest absolute Gasteiger partial charge is 0.245 e. The molecule has 6 heteroatoms. The molecule has 2 aromatic rings. The summed E-state index contributed by atoms with van der Waals surface area (Å²) in [5, 5.41) is 0. The van der Waals surface area contributed by atoms with Crippen LogP contribution >= 0.6 is 0 Å². The van der Waals surface area contributed by atoms with E-state index in [1.165, 1.54) is 6.20 Å². The molecule has 21 heavy (non-hydrogen) atoms. The topological polar surface area (TPSA) is 76.3 Å². The van der Waals surface area contributed by atoms with Crippen LogP contribution in [-0.2, 0) is 16.6 Å². The Balaban J connectivity index is 1.92. The Morgan fingerprint density at radius 1 is 1.24 bits per heavy atom. The SMILES string of the molecule is Nc1cccc(CN(C2CC2)S(=O)(=O)c2cccnc2)c1. The van der Waals surface area contributed by atoms with Gasteiger partial charge in [-0.05, 0) is 42.7 Å². The van der Waals surface area contributed by atoms with Crippen molar-refractivity contribution in [2.75, 3.05) is 5.73 Å².